The minimum atomic E-state index is -0.0644. The molecule has 0 saturated heterocycles. The molecule has 5 nitrogen and oxygen atoms in total. The van der Waals surface area contributed by atoms with Gasteiger partial charge in [0.2, 0.25) is 11.8 Å². The minimum absolute atomic E-state index is 0.0504. The van der Waals surface area contributed by atoms with Gasteiger partial charge < -0.3 is 10.1 Å². The number of benzene rings is 1. The Balaban J connectivity index is 1.67. The number of halogens is 1. The van der Waals surface area contributed by atoms with Crippen LogP contribution in [0.5, 0.6) is 11.6 Å². The van der Waals surface area contributed by atoms with Crippen molar-refractivity contribution in [3.63, 3.8) is 0 Å². The Morgan fingerprint density at radius 3 is 2.68 bits per heavy atom. The van der Waals surface area contributed by atoms with Crippen molar-refractivity contribution in [1.82, 2.24) is 15.3 Å². The highest BCUT2D eigenvalue weighted by molar-refractivity contribution is 6.32. The van der Waals surface area contributed by atoms with E-state index in [0.29, 0.717) is 16.7 Å². The number of nitrogens with zero attached hydrogens (tertiary/aromatic N) is 2. The summed E-state index contributed by atoms with van der Waals surface area (Å²) in [7, 11) is 0. The highest BCUT2D eigenvalue weighted by Crippen LogP contribution is 2.32. The molecule has 0 fully saturated rings. The number of amides is 1. The van der Waals surface area contributed by atoms with Gasteiger partial charge in [-0.15, -0.1) is 0 Å². The standard InChI is InChI=1S/C22H20ClN3O2/c1-15(26-16(2)27)5-6-17-7-10-22(25-13-17)28-21-9-8-18(12-20(21)23)19-4-3-11-24-14-19/h3-15H,1-2H3,(H,26,27)/b6-5+/t15-/m0/s1. The largest absolute Gasteiger partial charge is 0.437 e. The fourth-order valence-electron chi connectivity index (χ4n) is 2.58. The molecule has 0 aliphatic carbocycles. The lowest BCUT2D eigenvalue weighted by molar-refractivity contribution is -0.119. The van der Waals surface area contributed by atoms with Gasteiger partial charge in [-0.25, -0.2) is 4.98 Å². The van der Waals surface area contributed by atoms with E-state index in [2.05, 4.69) is 15.3 Å². The van der Waals surface area contributed by atoms with Crippen molar-refractivity contribution < 1.29 is 9.53 Å². The Labute approximate surface area is 169 Å². The molecule has 2 heterocycles. The second-order valence-corrected chi connectivity index (χ2v) is 6.67. The van der Waals surface area contributed by atoms with Crippen molar-refractivity contribution in [2.45, 2.75) is 19.9 Å². The summed E-state index contributed by atoms with van der Waals surface area (Å²) in [5.41, 5.74) is 2.86. The molecule has 0 aliphatic rings. The number of nitrogens with one attached hydrogen (secondary N) is 1. The molecule has 28 heavy (non-hydrogen) atoms. The number of pyridine rings is 2. The maximum Gasteiger partial charge on any atom is 0.219 e. The first-order valence-electron chi connectivity index (χ1n) is 8.80. The molecule has 0 saturated carbocycles. The topological polar surface area (TPSA) is 64.1 Å². The highest BCUT2D eigenvalue weighted by atomic mass is 35.5. The number of rotatable bonds is 6. The molecule has 3 rings (SSSR count). The van der Waals surface area contributed by atoms with Gasteiger partial charge in [-0.3, -0.25) is 9.78 Å². The Kier molecular flexibility index (Phi) is 6.40. The van der Waals surface area contributed by atoms with Gasteiger partial charge in [0.1, 0.15) is 5.75 Å². The van der Waals surface area contributed by atoms with Crippen LogP contribution in [-0.2, 0) is 4.79 Å². The number of ether oxygens (including phenoxy) is 1. The van der Waals surface area contributed by atoms with Crippen LogP contribution in [0.4, 0.5) is 0 Å². The lowest BCUT2D eigenvalue weighted by atomic mass is 10.1. The summed E-state index contributed by atoms with van der Waals surface area (Å²) >= 11 is 6.37. The summed E-state index contributed by atoms with van der Waals surface area (Å²) in [6, 6.07) is 13.0. The molecular formula is C22H20ClN3O2. The van der Waals surface area contributed by atoms with Crippen LogP contribution in [0.2, 0.25) is 5.02 Å². The molecule has 0 aliphatic heterocycles. The van der Waals surface area contributed by atoms with Gasteiger partial charge in [0, 0.05) is 43.2 Å². The van der Waals surface area contributed by atoms with Crippen molar-refractivity contribution in [3.8, 4) is 22.8 Å². The van der Waals surface area contributed by atoms with E-state index in [1.54, 1.807) is 24.7 Å². The molecule has 0 spiro atoms. The van der Waals surface area contributed by atoms with Gasteiger partial charge >= 0.3 is 0 Å². The third-order valence-electron chi connectivity index (χ3n) is 3.91. The van der Waals surface area contributed by atoms with Gasteiger partial charge in [-0.1, -0.05) is 35.9 Å². The zero-order valence-electron chi connectivity index (χ0n) is 15.6. The van der Waals surface area contributed by atoms with E-state index >= 15 is 0 Å². The molecule has 142 valence electrons. The van der Waals surface area contributed by atoms with E-state index in [1.165, 1.54) is 6.92 Å². The summed E-state index contributed by atoms with van der Waals surface area (Å²) in [5.74, 6) is 0.915. The van der Waals surface area contributed by atoms with Crippen LogP contribution in [0, 0.1) is 0 Å². The van der Waals surface area contributed by atoms with Gasteiger partial charge in [0.25, 0.3) is 0 Å². The summed E-state index contributed by atoms with van der Waals surface area (Å²) in [5, 5.41) is 3.29. The van der Waals surface area contributed by atoms with E-state index in [9.17, 15) is 4.79 Å². The van der Waals surface area contributed by atoms with E-state index < -0.39 is 0 Å². The number of aromatic nitrogens is 2. The Hall–Kier alpha value is -3.18. The van der Waals surface area contributed by atoms with Crippen LogP contribution in [0.3, 0.4) is 0 Å². The lowest BCUT2D eigenvalue weighted by Crippen LogP contribution is -2.28. The Morgan fingerprint density at radius 2 is 2.04 bits per heavy atom. The lowest BCUT2D eigenvalue weighted by Gasteiger charge is -2.09. The molecule has 1 aromatic carbocycles. The number of carbonyl (C=O) groups excluding carboxylic acids is 1. The first-order chi connectivity index (χ1) is 13.5. The first kappa shape index (κ1) is 19.6. The van der Waals surface area contributed by atoms with Crippen molar-refractivity contribution >= 4 is 23.6 Å². The minimum Gasteiger partial charge on any atom is -0.437 e. The molecule has 0 bridgehead atoms. The molecule has 1 N–H and O–H groups in total. The smallest absolute Gasteiger partial charge is 0.219 e. The number of hydrogen-bond acceptors (Lipinski definition) is 4. The van der Waals surface area contributed by atoms with Crippen molar-refractivity contribution in [1.29, 1.82) is 0 Å². The van der Waals surface area contributed by atoms with Crippen molar-refractivity contribution in [2.75, 3.05) is 0 Å². The monoisotopic (exact) mass is 393 g/mol. The van der Waals surface area contributed by atoms with Crippen LogP contribution >= 0.6 is 11.6 Å². The van der Waals surface area contributed by atoms with Crippen LogP contribution < -0.4 is 10.1 Å². The highest BCUT2D eigenvalue weighted by Gasteiger charge is 2.07. The molecule has 6 heteroatoms. The molecule has 3 aromatic rings. The molecule has 0 unspecified atom stereocenters. The molecule has 0 radical (unpaired) electrons. The second kappa shape index (κ2) is 9.15. The molecular weight excluding hydrogens is 374 g/mol. The van der Waals surface area contributed by atoms with Gasteiger partial charge in [0.15, 0.2) is 0 Å². The van der Waals surface area contributed by atoms with Crippen LogP contribution in [-0.4, -0.2) is 21.9 Å². The summed E-state index contributed by atoms with van der Waals surface area (Å²) in [6.07, 6.45) is 9.00. The van der Waals surface area contributed by atoms with E-state index in [4.69, 9.17) is 16.3 Å². The zero-order chi connectivity index (χ0) is 19.9. The fourth-order valence-corrected chi connectivity index (χ4v) is 2.80. The molecule has 1 atom stereocenters. The van der Waals surface area contributed by atoms with Crippen LogP contribution in [0.15, 0.2) is 67.1 Å². The van der Waals surface area contributed by atoms with Crippen LogP contribution in [0.25, 0.3) is 17.2 Å². The molecule has 1 amide bonds. The van der Waals surface area contributed by atoms with Gasteiger partial charge in [0.05, 0.1) is 5.02 Å². The molecule has 2 aromatic heterocycles. The quantitative estimate of drug-likeness (QED) is 0.630. The summed E-state index contributed by atoms with van der Waals surface area (Å²) in [6.45, 7) is 3.40. The Morgan fingerprint density at radius 1 is 1.18 bits per heavy atom. The average Bonchev–Trinajstić information content (AvgIpc) is 2.69. The predicted molar refractivity (Wildman–Crippen MR) is 111 cm³/mol. The maximum atomic E-state index is 11.0. The van der Waals surface area contributed by atoms with Crippen molar-refractivity contribution in [3.05, 3.63) is 77.7 Å². The van der Waals surface area contributed by atoms with E-state index in [1.807, 2.05) is 55.5 Å². The van der Waals surface area contributed by atoms with Gasteiger partial charge in [-0.2, -0.15) is 0 Å². The SMILES string of the molecule is CC(=O)N[C@@H](C)/C=C/c1ccc(Oc2ccc(-c3cccnc3)cc2Cl)nc1. The third-order valence-corrected chi connectivity index (χ3v) is 4.20. The number of carbonyl (C=O) groups is 1. The third kappa shape index (κ3) is 5.41. The summed E-state index contributed by atoms with van der Waals surface area (Å²) in [4.78, 5) is 19.4. The normalized spacial score (nSPS) is 12.0. The summed E-state index contributed by atoms with van der Waals surface area (Å²) < 4.78 is 5.79. The maximum absolute atomic E-state index is 11.0. The second-order valence-electron chi connectivity index (χ2n) is 6.27. The zero-order valence-corrected chi connectivity index (χ0v) is 16.4. The predicted octanol–water partition coefficient (Wildman–Crippen LogP) is 5.13. The van der Waals surface area contributed by atoms with Crippen LogP contribution in [0.1, 0.15) is 19.4 Å². The van der Waals surface area contributed by atoms with Gasteiger partial charge in [-0.05, 0) is 42.3 Å². The van der Waals surface area contributed by atoms with E-state index in [-0.39, 0.29) is 11.9 Å². The first-order valence-corrected chi connectivity index (χ1v) is 9.18. The average molecular weight is 394 g/mol. The number of hydrogen-bond donors (Lipinski definition) is 1. The Bertz CT molecular complexity index is 973. The van der Waals surface area contributed by atoms with E-state index in [0.717, 1.165) is 16.7 Å². The van der Waals surface area contributed by atoms with Crippen molar-refractivity contribution in [2.24, 2.45) is 0 Å². The fraction of sp³-hybridized carbons (Fsp3) is 0.136.